The van der Waals surface area contributed by atoms with Gasteiger partial charge in [-0.3, -0.25) is 4.79 Å². The van der Waals surface area contributed by atoms with Crippen molar-refractivity contribution in [3.8, 4) is 17.2 Å². The predicted molar refractivity (Wildman–Crippen MR) is 118 cm³/mol. The van der Waals surface area contributed by atoms with Crippen LogP contribution >= 0.6 is 11.6 Å². The summed E-state index contributed by atoms with van der Waals surface area (Å²) in [5.41, 5.74) is 4.59. The van der Waals surface area contributed by atoms with E-state index in [9.17, 15) is 4.79 Å². The Balaban J connectivity index is 1.70. The fourth-order valence-electron chi connectivity index (χ4n) is 3.19. The van der Waals surface area contributed by atoms with Crippen molar-refractivity contribution in [2.24, 2.45) is 0 Å². The van der Waals surface area contributed by atoms with Crippen LogP contribution in [0.2, 0.25) is 5.02 Å². The summed E-state index contributed by atoms with van der Waals surface area (Å²) in [6.07, 6.45) is 3.14. The number of ether oxygens (including phenoxy) is 2. The van der Waals surface area contributed by atoms with E-state index in [1.54, 1.807) is 18.2 Å². The quantitative estimate of drug-likeness (QED) is 0.566. The molecule has 1 amide bonds. The Morgan fingerprint density at radius 3 is 2.57 bits per heavy atom. The lowest BCUT2D eigenvalue weighted by Gasteiger charge is -2.10. The van der Waals surface area contributed by atoms with Gasteiger partial charge in [0.1, 0.15) is 0 Å². The lowest BCUT2D eigenvalue weighted by Crippen LogP contribution is -2.21. The van der Waals surface area contributed by atoms with E-state index in [4.69, 9.17) is 21.1 Å². The van der Waals surface area contributed by atoms with E-state index in [-0.39, 0.29) is 5.91 Å². The number of amides is 1. The molecule has 0 aliphatic heterocycles. The van der Waals surface area contributed by atoms with Crippen LogP contribution in [0.5, 0.6) is 11.5 Å². The molecule has 0 fully saturated rings. The molecule has 30 heavy (non-hydrogen) atoms. The van der Waals surface area contributed by atoms with Gasteiger partial charge in [0.15, 0.2) is 11.5 Å². The Bertz CT molecular complexity index is 1080. The van der Waals surface area contributed by atoms with Crippen molar-refractivity contribution >= 4 is 23.6 Å². The van der Waals surface area contributed by atoms with E-state index in [2.05, 4.69) is 10.4 Å². The molecule has 0 aliphatic rings. The summed E-state index contributed by atoms with van der Waals surface area (Å²) in [7, 11) is 3.06. The van der Waals surface area contributed by atoms with Crippen LogP contribution in [0.4, 0.5) is 0 Å². The van der Waals surface area contributed by atoms with E-state index in [1.807, 2.05) is 48.9 Å². The molecule has 0 saturated carbocycles. The molecule has 0 unspecified atom stereocenters. The Kier molecular flexibility index (Phi) is 6.79. The van der Waals surface area contributed by atoms with Gasteiger partial charge in [-0.15, -0.1) is 0 Å². The molecule has 0 bridgehead atoms. The molecule has 0 saturated heterocycles. The van der Waals surface area contributed by atoms with Crippen LogP contribution in [0.15, 0.2) is 48.5 Å². The van der Waals surface area contributed by atoms with E-state index in [0.29, 0.717) is 23.1 Å². The molecule has 1 aromatic heterocycles. The van der Waals surface area contributed by atoms with Gasteiger partial charge in [0, 0.05) is 23.9 Å². The second-order valence-corrected chi connectivity index (χ2v) is 7.09. The Morgan fingerprint density at radius 1 is 1.17 bits per heavy atom. The summed E-state index contributed by atoms with van der Waals surface area (Å²) >= 11 is 6.21. The molecular formula is C23H24ClN3O3. The van der Waals surface area contributed by atoms with Crippen LogP contribution in [0, 0.1) is 13.8 Å². The molecule has 1 heterocycles. The van der Waals surface area contributed by atoms with Crippen molar-refractivity contribution in [1.82, 2.24) is 15.1 Å². The Morgan fingerprint density at radius 2 is 1.90 bits per heavy atom. The van der Waals surface area contributed by atoms with Crippen LogP contribution < -0.4 is 14.8 Å². The van der Waals surface area contributed by atoms with Gasteiger partial charge in [-0.1, -0.05) is 29.8 Å². The highest BCUT2D eigenvalue weighted by Crippen LogP contribution is 2.36. The van der Waals surface area contributed by atoms with E-state index >= 15 is 0 Å². The molecule has 3 aromatic rings. The topological polar surface area (TPSA) is 65.4 Å². The van der Waals surface area contributed by atoms with Gasteiger partial charge < -0.3 is 14.8 Å². The number of carbonyl (C=O) groups is 1. The summed E-state index contributed by atoms with van der Waals surface area (Å²) in [6.45, 7) is 4.33. The smallest absolute Gasteiger partial charge is 0.244 e. The van der Waals surface area contributed by atoms with Gasteiger partial charge in [0.25, 0.3) is 0 Å². The monoisotopic (exact) mass is 425 g/mol. The first-order valence-electron chi connectivity index (χ1n) is 9.42. The molecule has 156 valence electrons. The minimum atomic E-state index is -0.216. The fraction of sp³-hybridized carbons (Fsp3) is 0.217. The first kappa shape index (κ1) is 21.5. The number of nitrogens with one attached hydrogen (secondary N) is 1. The molecular weight excluding hydrogens is 402 g/mol. The number of methoxy groups -OCH3 is 2. The SMILES string of the molecule is COc1cc(/C=C/C(=O)NCc2c(C)nn(-c3ccccc3)c2C)cc(Cl)c1OC. The number of aryl methyl sites for hydroxylation is 1. The van der Waals surface area contributed by atoms with Crippen molar-refractivity contribution in [3.63, 3.8) is 0 Å². The largest absolute Gasteiger partial charge is 0.493 e. The van der Waals surface area contributed by atoms with Gasteiger partial charge >= 0.3 is 0 Å². The number of carbonyl (C=O) groups excluding carboxylic acids is 1. The zero-order valence-corrected chi connectivity index (χ0v) is 18.2. The summed E-state index contributed by atoms with van der Waals surface area (Å²) in [5.74, 6) is 0.749. The number of aromatic nitrogens is 2. The highest BCUT2D eigenvalue weighted by Gasteiger charge is 2.13. The Labute approximate surface area is 181 Å². The fourth-order valence-corrected chi connectivity index (χ4v) is 3.49. The molecule has 0 spiro atoms. The maximum atomic E-state index is 12.3. The maximum absolute atomic E-state index is 12.3. The van der Waals surface area contributed by atoms with Crippen LogP contribution in [0.1, 0.15) is 22.5 Å². The van der Waals surface area contributed by atoms with Crippen molar-refractivity contribution in [3.05, 3.63) is 76.1 Å². The number of nitrogens with zero attached hydrogens (tertiary/aromatic N) is 2. The minimum absolute atomic E-state index is 0.216. The second-order valence-electron chi connectivity index (χ2n) is 6.69. The number of hydrogen-bond acceptors (Lipinski definition) is 4. The summed E-state index contributed by atoms with van der Waals surface area (Å²) in [6, 6.07) is 13.4. The van der Waals surface area contributed by atoms with Crippen molar-refractivity contribution < 1.29 is 14.3 Å². The third-order valence-corrected chi connectivity index (χ3v) is 5.05. The number of hydrogen-bond donors (Lipinski definition) is 1. The Hall–Kier alpha value is -3.25. The predicted octanol–water partition coefficient (Wildman–Crippen LogP) is 4.49. The van der Waals surface area contributed by atoms with Crippen molar-refractivity contribution in [2.45, 2.75) is 20.4 Å². The van der Waals surface area contributed by atoms with E-state index < -0.39 is 0 Å². The molecule has 0 radical (unpaired) electrons. The highest BCUT2D eigenvalue weighted by molar-refractivity contribution is 6.32. The first-order chi connectivity index (χ1) is 14.4. The summed E-state index contributed by atoms with van der Waals surface area (Å²) in [5, 5.41) is 7.93. The molecule has 0 aliphatic carbocycles. The minimum Gasteiger partial charge on any atom is -0.493 e. The summed E-state index contributed by atoms with van der Waals surface area (Å²) < 4.78 is 12.4. The van der Waals surface area contributed by atoms with Crippen LogP contribution in [0.25, 0.3) is 11.8 Å². The number of rotatable bonds is 7. The molecule has 6 nitrogen and oxygen atoms in total. The lowest BCUT2D eigenvalue weighted by atomic mass is 10.1. The average molecular weight is 426 g/mol. The van der Waals surface area contributed by atoms with Crippen LogP contribution in [-0.4, -0.2) is 29.9 Å². The third kappa shape index (κ3) is 4.66. The normalized spacial score (nSPS) is 11.0. The zero-order valence-electron chi connectivity index (χ0n) is 17.4. The number of para-hydroxylation sites is 1. The third-order valence-electron chi connectivity index (χ3n) is 4.76. The van der Waals surface area contributed by atoms with Gasteiger partial charge in [-0.05, 0) is 49.8 Å². The van der Waals surface area contributed by atoms with Crippen LogP contribution in [-0.2, 0) is 11.3 Å². The lowest BCUT2D eigenvalue weighted by molar-refractivity contribution is -0.116. The van der Waals surface area contributed by atoms with E-state index in [0.717, 1.165) is 28.2 Å². The maximum Gasteiger partial charge on any atom is 0.244 e. The standard InChI is InChI=1S/C23H24ClN3O3/c1-15-19(16(2)27(26-15)18-8-6-5-7-9-18)14-25-22(28)11-10-17-12-20(24)23(30-4)21(13-17)29-3/h5-13H,14H2,1-4H3,(H,25,28)/b11-10+. The first-order valence-corrected chi connectivity index (χ1v) is 9.80. The second kappa shape index (κ2) is 9.50. The van der Waals surface area contributed by atoms with E-state index in [1.165, 1.54) is 20.3 Å². The van der Waals surface area contributed by atoms with Gasteiger partial charge in [-0.2, -0.15) is 5.10 Å². The highest BCUT2D eigenvalue weighted by atomic mass is 35.5. The van der Waals surface area contributed by atoms with Gasteiger partial charge in [-0.25, -0.2) is 4.68 Å². The molecule has 7 heteroatoms. The summed E-state index contributed by atoms with van der Waals surface area (Å²) in [4.78, 5) is 12.3. The number of benzene rings is 2. The average Bonchev–Trinajstić information content (AvgIpc) is 3.04. The van der Waals surface area contributed by atoms with Crippen molar-refractivity contribution in [2.75, 3.05) is 14.2 Å². The molecule has 1 N–H and O–H groups in total. The van der Waals surface area contributed by atoms with Crippen LogP contribution in [0.3, 0.4) is 0 Å². The molecule has 0 atom stereocenters. The number of halogens is 1. The molecule has 3 rings (SSSR count). The van der Waals surface area contributed by atoms with Crippen molar-refractivity contribution in [1.29, 1.82) is 0 Å². The van der Waals surface area contributed by atoms with Gasteiger partial charge in [0.05, 0.1) is 30.6 Å². The zero-order chi connectivity index (χ0) is 21.7. The molecule has 2 aromatic carbocycles. The van der Waals surface area contributed by atoms with Gasteiger partial charge in [0.2, 0.25) is 5.91 Å².